The minimum atomic E-state index is -1.58. The van der Waals surface area contributed by atoms with Crippen molar-refractivity contribution in [2.24, 2.45) is 10.7 Å². The van der Waals surface area contributed by atoms with E-state index < -0.39 is 29.7 Å². The van der Waals surface area contributed by atoms with E-state index >= 15 is 0 Å². The van der Waals surface area contributed by atoms with Crippen molar-refractivity contribution in [3.63, 3.8) is 0 Å². The molecular formula is C9H10N4O4. The molecule has 0 aliphatic carbocycles. The molecule has 90 valence electrons. The molecule has 0 aromatic heterocycles. The molecule has 3 unspecified atom stereocenters. The van der Waals surface area contributed by atoms with Crippen LogP contribution >= 0.6 is 0 Å². The van der Waals surface area contributed by atoms with E-state index in [1.807, 2.05) is 0 Å². The molecule has 0 aromatic carbocycles. The Morgan fingerprint density at radius 2 is 2.00 bits per heavy atom. The highest BCUT2D eigenvalue weighted by molar-refractivity contribution is 5.83. The smallest absolute Gasteiger partial charge is 0.222 e. The second kappa shape index (κ2) is 5.27. The Morgan fingerprint density at radius 1 is 1.35 bits per heavy atom. The highest BCUT2D eigenvalue weighted by atomic mass is 16.5. The first kappa shape index (κ1) is 12.9. The van der Waals surface area contributed by atoms with Crippen LogP contribution in [0.25, 0.3) is 0 Å². The Morgan fingerprint density at radius 3 is 2.53 bits per heavy atom. The summed E-state index contributed by atoms with van der Waals surface area (Å²) in [7, 11) is 0. The van der Waals surface area contributed by atoms with Crippen molar-refractivity contribution in [3.05, 3.63) is 11.4 Å². The second-order valence-corrected chi connectivity index (χ2v) is 3.25. The quantitative estimate of drug-likeness (QED) is 0.374. The summed E-state index contributed by atoms with van der Waals surface area (Å²) in [6, 6.07) is 3.08. The van der Waals surface area contributed by atoms with Gasteiger partial charge >= 0.3 is 0 Å². The van der Waals surface area contributed by atoms with Crippen LogP contribution < -0.4 is 5.73 Å². The van der Waals surface area contributed by atoms with Crippen molar-refractivity contribution in [3.8, 4) is 12.1 Å². The van der Waals surface area contributed by atoms with Gasteiger partial charge in [-0.25, -0.2) is 4.99 Å². The predicted octanol–water partition coefficient (Wildman–Crippen LogP) is -2.28. The normalized spacial score (nSPS) is 32.1. The Labute approximate surface area is 96.5 Å². The number of aliphatic hydroxyl groups excluding tert-OH is 3. The first-order valence-electron chi connectivity index (χ1n) is 4.56. The zero-order chi connectivity index (χ0) is 13.0. The molecule has 8 nitrogen and oxygen atoms in total. The molecule has 0 radical (unpaired) electrons. The number of ether oxygens (including phenoxy) is 1. The largest absolute Gasteiger partial charge is 0.476 e. The van der Waals surface area contributed by atoms with Crippen molar-refractivity contribution >= 4 is 5.90 Å². The summed E-state index contributed by atoms with van der Waals surface area (Å²) in [5.74, 6) is -0.363. The molecule has 8 heteroatoms. The number of nitriles is 2. The topological polar surface area (TPSA) is 156 Å². The van der Waals surface area contributed by atoms with Crippen molar-refractivity contribution in [1.82, 2.24) is 0 Å². The molecule has 0 saturated carbocycles. The Hall–Kier alpha value is -2.13. The number of allylic oxidation sites excluding steroid dienone is 2. The third-order valence-electron chi connectivity index (χ3n) is 2.08. The Balaban J connectivity index is 3.02. The Bertz CT molecular complexity index is 445. The van der Waals surface area contributed by atoms with Gasteiger partial charge in [-0.05, 0) is 0 Å². The zero-order valence-corrected chi connectivity index (χ0v) is 8.61. The SMILES string of the molecule is N#C/C(N)=C(\C#N)N=C1OCC(O)C(O)C1O. The average molecular weight is 238 g/mol. The molecule has 1 fully saturated rings. The molecule has 0 aromatic rings. The van der Waals surface area contributed by atoms with Crippen molar-refractivity contribution in [1.29, 1.82) is 10.5 Å². The lowest BCUT2D eigenvalue weighted by Gasteiger charge is -2.29. The summed E-state index contributed by atoms with van der Waals surface area (Å²) < 4.78 is 4.84. The highest BCUT2D eigenvalue weighted by Crippen LogP contribution is 2.13. The maximum atomic E-state index is 9.49. The molecule has 1 saturated heterocycles. The van der Waals surface area contributed by atoms with E-state index in [1.54, 1.807) is 6.07 Å². The third-order valence-corrected chi connectivity index (χ3v) is 2.08. The molecule has 3 atom stereocenters. The maximum Gasteiger partial charge on any atom is 0.222 e. The summed E-state index contributed by atoms with van der Waals surface area (Å²) >= 11 is 0. The minimum absolute atomic E-state index is 0.276. The standard InChI is InChI=1S/C9H10N4O4/c10-1-4(12)5(2-11)13-9-8(16)7(15)6(14)3-17-9/h6-8,14-16H,3,12H2/b5-4-,13-9?. The van der Waals surface area contributed by atoms with Gasteiger partial charge in [-0.3, -0.25) is 0 Å². The van der Waals surface area contributed by atoms with Crippen molar-refractivity contribution in [2.75, 3.05) is 6.61 Å². The fourth-order valence-electron chi connectivity index (χ4n) is 1.12. The Kier molecular flexibility index (Phi) is 4.01. The number of hydrogen-bond donors (Lipinski definition) is 4. The molecule has 17 heavy (non-hydrogen) atoms. The van der Waals surface area contributed by atoms with Crippen LogP contribution in [0.15, 0.2) is 16.4 Å². The molecule has 1 aliphatic heterocycles. The van der Waals surface area contributed by atoms with Gasteiger partial charge in [0.25, 0.3) is 0 Å². The van der Waals surface area contributed by atoms with Crippen LogP contribution in [0.4, 0.5) is 0 Å². The van der Waals surface area contributed by atoms with E-state index in [-0.39, 0.29) is 12.5 Å². The van der Waals surface area contributed by atoms with Crippen LogP contribution in [0.5, 0.6) is 0 Å². The van der Waals surface area contributed by atoms with Gasteiger partial charge in [0, 0.05) is 0 Å². The van der Waals surface area contributed by atoms with Crippen molar-refractivity contribution < 1.29 is 20.1 Å². The highest BCUT2D eigenvalue weighted by Gasteiger charge is 2.35. The van der Waals surface area contributed by atoms with E-state index in [4.69, 9.17) is 26.1 Å². The number of aliphatic imine (C=N–C) groups is 1. The fraction of sp³-hybridized carbons (Fsp3) is 0.444. The van der Waals surface area contributed by atoms with E-state index in [9.17, 15) is 10.2 Å². The fourth-order valence-corrected chi connectivity index (χ4v) is 1.12. The van der Waals surface area contributed by atoms with Crippen LogP contribution in [-0.2, 0) is 4.74 Å². The van der Waals surface area contributed by atoms with Gasteiger partial charge in [0.05, 0.1) is 0 Å². The van der Waals surface area contributed by atoms with Crippen molar-refractivity contribution in [2.45, 2.75) is 18.3 Å². The number of rotatable bonds is 1. The molecule has 5 N–H and O–H groups in total. The molecule has 0 amide bonds. The zero-order valence-electron chi connectivity index (χ0n) is 8.61. The van der Waals surface area contributed by atoms with E-state index in [1.165, 1.54) is 6.07 Å². The van der Waals surface area contributed by atoms with E-state index in [0.717, 1.165) is 0 Å². The van der Waals surface area contributed by atoms with Crippen LogP contribution in [0, 0.1) is 22.7 Å². The molecule has 0 bridgehead atoms. The number of nitrogens with two attached hydrogens (primary N) is 1. The summed E-state index contributed by atoms with van der Waals surface area (Å²) in [6.07, 6.45) is -4.29. The van der Waals surface area contributed by atoms with E-state index in [0.29, 0.717) is 0 Å². The first-order chi connectivity index (χ1) is 8.01. The summed E-state index contributed by atoms with van der Waals surface area (Å²) in [6.45, 7) is -0.276. The molecule has 1 aliphatic rings. The predicted molar refractivity (Wildman–Crippen MR) is 53.8 cm³/mol. The van der Waals surface area contributed by atoms with E-state index in [2.05, 4.69) is 4.99 Å². The third kappa shape index (κ3) is 2.71. The van der Waals surface area contributed by atoms with Gasteiger partial charge in [-0.1, -0.05) is 0 Å². The summed E-state index contributed by atoms with van der Waals surface area (Å²) in [4.78, 5) is 3.54. The molecule has 0 spiro atoms. The lowest BCUT2D eigenvalue weighted by molar-refractivity contribution is -0.0836. The number of aliphatic hydroxyl groups is 3. The van der Waals surface area contributed by atoms with Gasteiger partial charge in [0.15, 0.2) is 11.8 Å². The average Bonchev–Trinajstić information content (AvgIpc) is 2.34. The molecule has 1 heterocycles. The summed E-state index contributed by atoms with van der Waals surface area (Å²) in [5, 5.41) is 45.1. The maximum absolute atomic E-state index is 9.49. The lowest BCUT2D eigenvalue weighted by atomic mass is 10.1. The van der Waals surface area contributed by atoms with Gasteiger partial charge in [-0.2, -0.15) is 10.5 Å². The number of hydrogen-bond acceptors (Lipinski definition) is 8. The molecule has 1 rings (SSSR count). The van der Waals surface area contributed by atoms with Crippen LogP contribution in [0.3, 0.4) is 0 Å². The second-order valence-electron chi connectivity index (χ2n) is 3.25. The lowest BCUT2D eigenvalue weighted by Crippen LogP contribution is -2.50. The monoisotopic (exact) mass is 238 g/mol. The molecular weight excluding hydrogens is 228 g/mol. The summed E-state index contributed by atoms with van der Waals surface area (Å²) in [5.41, 5.74) is 4.33. The van der Waals surface area contributed by atoms with Gasteiger partial charge in [0.1, 0.15) is 36.7 Å². The first-order valence-corrected chi connectivity index (χ1v) is 4.56. The minimum Gasteiger partial charge on any atom is -0.476 e. The van der Waals surface area contributed by atoms with Crippen LogP contribution in [0.1, 0.15) is 0 Å². The van der Waals surface area contributed by atoms with Gasteiger partial charge < -0.3 is 25.8 Å². The van der Waals surface area contributed by atoms with Crippen LogP contribution in [-0.4, -0.2) is 46.1 Å². The number of nitrogens with zero attached hydrogens (tertiary/aromatic N) is 3. The van der Waals surface area contributed by atoms with Crippen LogP contribution in [0.2, 0.25) is 0 Å². The van der Waals surface area contributed by atoms with Gasteiger partial charge in [0.2, 0.25) is 5.90 Å². The van der Waals surface area contributed by atoms with Gasteiger partial charge in [-0.15, -0.1) is 0 Å².